The Kier molecular flexibility index (Phi) is 5.33. The van der Waals surface area contributed by atoms with Gasteiger partial charge in [0, 0.05) is 6.42 Å². The van der Waals surface area contributed by atoms with Crippen molar-refractivity contribution >= 4 is 11.9 Å². The molecule has 2 N–H and O–H groups in total. The molecule has 5 heteroatoms. The lowest BCUT2D eigenvalue weighted by atomic mass is 10.1. The van der Waals surface area contributed by atoms with Gasteiger partial charge in [-0.1, -0.05) is 30.3 Å². The summed E-state index contributed by atoms with van der Waals surface area (Å²) in [6.45, 7) is 2.02. The van der Waals surface area contributed by atoms with Crippen molar-refractivity contribution in [2.75, 3.05) is 0 Å². The zero-order valence-electron chi connectivity index (χ0n) is 12.1. The van der Waals surface area contributed by atoms with Crippen molar-refractivity contribution in [1.82, 2.24) is 5.32 Å². The van der Waals surface area contributed by atoms with E-state index in [0.717, 1.165) is 12.8 Å². The van der Waals surface area contributed by atoms with Gasteiger partial charge in [0.25, 0.3) is 0 Å². The molecule has 0 bridgehead atoms. The first-order valence-electron chi connectivity index (χ1n) is 7.29. The molecule has 0 aliphatic carbocycles. The summed E-state index contributed by atoms with van der Waals surface area (Å²) in [6.07, 6.45) is 3.29. The summed E-state index contributed by atoms with van der Waals surface area (Å²) in [5.41, 5.74) is 0.573. The van der Waals surface area contributed by atoms with Crippen LogP contribution in [-0.4, -0.2) is 29.2 Å². The first-order chi connectivity index (χ1) is 10.1. The van der Waals surface area contributed by atoms with E-state index in [1.54, 1.807) is 24.3 Å². The monoisotopic (exact) mass is 291 g/mol. The second kappa shape index (κ2) is 7.22. The van der Waals surface area contributed by atoms with Crippen molar-refractivity contribution in [2.45, 2.75) is 50.9 Å². The molecule has 0 spiro atoms. The number of hydrogen-bond acceptors (Lipinski definition) is 3. The molecule has 3 atom stereocenters. The van der Waals surface area contributed by atoms with E-state index in [-0.39, 0.29) is 24.5 Å². The van der Waals surface area contributed by atoms with Crippen molar-refractivity contribution in [3.63, 3.8) is 0 Å². The number of nitrogens with one attached hydrogen (secondary N) is 1. The summed E-state index contributed by atoms with van der Waals surface area (Å²) < 4.78 is 5.65. The lowest BCUT2D eigenvalue weighted by Gasteiger charge is -2.16. The van der Waals surface area contributed by atoms with Crippen LogP contribution in [0.25, 0.3) is 0 Å². The molecular weight excluding hydrogens is 270 g/mol. The standard InChI is InChI=1S/C16H21NO4/c1-11-7-8-13(21-11)9-10-14(18)17-15(16(19)20)12-5-3-2-4-6-12/h2-6,11,13,15H,7-10H2,1H3,(H,17,18)(H,19,20)/t11-,13-,15+/m1/s1. The SMILES string of the molecule is C[C@@H]1CC[C@H](CCC(=O)N[C@H](C(=O)O)c2ccccc2)O1. The van der Waals surface area contributed by atoms with Gasteiger partial charge in [-0.15, -0.1) is 0 Å². The van der Waals surface area contributed by atoms with Crippen LogP contribution >= 0.6 is 0 Å². The number of carboxylic acids is 1. The maximum atomic E-state index is 11.9. The molecule has 1 aromatic carbocycles. The Hall–Kier alpha value is -1.88. The molecule has 1 saturated heterocycles. The van der Waals surface area contributed by atoms with Gasteiger partial charge in [-0.3, -0.25) is 4.79 Å². The average molecular weight is 291 g/mol. The lowest BCUT2D eigenvalue weighted by molar-refractivity contribution is -0.142. The molecule has 1 aromatic rings. The van der Waals surface area contributed by atoms with Crippen LogP contribution in [0.3, 0.4) is 0 Å². The van der Waals surface area contributed by atoms with Crippen molar-refractivity contribution in [3.8, 4) is 0 Å². The van der Waals surface area contributed by atoms with Gasteiger partial charge in [0.1, 0.15) is 0 Å². The third kappa shape index (κ3) is 4.56. The van der Waals surface area contributed by atoms with E-state index >= 15 is 0 Å². The van der Waals surface area contributed by atoms with Gasteiger partial charge in [-0.2, -0.15) is 0 Å². The van der Waals surface area contributed by atoms with Crippen molar-refractivity contribution in [1.29, 1.82) is 0 Å². The Balaban J connectivity index is 1.86. The van der Waals surface area contributed by atoms with E-state index in [1.807, 2.05) is 13.0 Å². The van der Waals surface area contributed by atoms with Crippen LogP contribution in [0.15, 0.2) is 30.3 Å². The topological polar surface area (TPSA) is 75.6 Å². The zero-order chi connectivity index (χ0) is 15.2. The molecule has 5 nitrogen and oxygen atoms in total. The summed E-state index contributed by atoms with van der Waals surface area (Å²) in [4.78, 5) is 23.2. The van der Waals surface area contributed by atoms with E-state index in [2.05, 4.69) is 5.32 Å². The molecule has 0 saturated carbocycles. The minimum Gasteiger partial charge on any atom is -0.479 e. The molecule has 1 heterocycles. The quantitative estimate of drug-likeness (QED) is 0.843. The average Bonchev–Trinajstić information content (AvgIpc) is 2.89. The molecule has 0 radical (unpaired) electrons. The molecule has 21 heavy (non-hydrogen) atoms. The number of carboxylic acid groups (broad SMARTS) is 1. The number of carbonyl (C=O) groups is 2. The molecule has 2 rings (SSSR count). The Labute approximate surface area is 124 Å². The predicted octanol–water partition coefficient (Wildman–Crippen LogP) is 2.28. The van der Waals surface area contributed by atoms with Crippen LogP contribution in [0, 0.1) is 0 Å². The Morgan fingerprint density at radius 1 is 1.33 bits per heavy atom. The largest absolute Gasteiger partial charge is 0.479 e. The Bertz CT molecular complexity index is 488. The van der Waals surface area contributed by atoms with Crippen LogP contribution in [0.5, 0.6) is 0 Å². The molecule has 114 valence electrons. The first-order valence-corrected chi connectivity index (χ1v) is 7.29. The van der Waals surface area contributed by atoms with E-state index < -0.39 is 12.0 Å². The van der Waals surface area contributed by atoms with Crippen LogP contribution in [0.1, 0.15) is 44.2 Å². The minimum atomic E-state index is -1.06. The highest BCUT2D eigenvalue weighted by atomic mass is 16.5. The molecule has 1 aliphatic heterocycles. The summed E-state index contributed by atoms with van der Waals surface area (Å²) in [6, 6.07) is 7.71. The number of rotatable bonds is 6. The smallest absolute Gasteiger partial charge is 0.330 e. The number of carbonyl (C=O) groups excluding carboxylic acids is 1. The maximum Gasteiger partial charge on any atom is 0.330 e. The molecule has 0 aromatic heterocycles. The fourth-order valence-electron chi connectivity index (χ4n) is 2.56. The van der Waals surface area contributed by atoms with Gasteiger partial charge in [0.05, 0.1) is 12.2 Å². The second-order valence-electron chi connectivity index (χ2n) is 5.43. The normalized spacial score (nSPS) is 22.7. The first kappa shape index (κ1) is 15.5. The van der Waals surface area contributed by atoms with Crippen molar-refractivity contribution < 1.29 is 19.4 Å². The third-order valence-corrected chi connectivity index (χ3v) is 3.70. The fourth-order valence-corrected chi connectivity index (χ4v) is 2.56. The van der Waals surface area contributed by atoms with E-state index in [9.17, 15) is 14.7 Å². The number of ether oxygens (including phenoxy) is 1. The molecule has 1 amide bonds. The zero-order valence-corrected chi connectivity index (χ0v) is 12.1. The molecule has 0 unspecified atom stereocenters. The van der Waals surface area contributed by atoms with E-state index in [0.29, 0.717) is 12.0 Å². The van der Waals surface area contributed by atoms with Gasteiger partial charge in [0.2, 0.25) is 5.91 Å². The Morgan fingerprint density at radius 3 is 2.62 bits per heavy atom. The van der Waals surface area contributed by atoms with Crippen LogP contribution in [0.4, 0.5) is 0 Å². The van der Waals surface area contributed by atoms with Crippen LogP contribution in [-0.2, 0) is 14.3 Å². The predicted molar refractivity (Wildman–Crippen MR) is 77.8 cm³/mol. The summed E-state index contributed by atoms with van der Waals surface area (Å²) in [7, 11) is 0. The van der Waals surface area contributed by atoms with Gasteiger partial charge >= 0.3 is 5.97 Å². The molecular formula is C16H21NO4. The summed E-state index contributed by atoms with van der Waals surface area (Å²) in [5.74, 6) is -1.31. The number of amides is 1. The number of aliphatic carboxylic acids is 1. The summed E-state index contributed by atoms with van der Waals surface area (Å²) >= 11 is 0. The minimum absolute atomic E-state index is 0.116. The van der Waals surface area contributed by atoms with Crippen LogP contribution in [0.2, 0.25) is 0 Å². The highest BCUT2D eigenvalue weighted by molar-refractivity contribution is 5.84. The highest BCUT2D eigenvalue weighted by Crippen LogP contribution is 2.22. The second-order valence-corrected chi connectivity index (χ2v) is 5.43. The molecule has 1 fully saturated rings. The fraction of sp³-hybridized carbons (Fsp3) is 0.500. The lowest BCUT2D eigenvalue weighted by Crippen LogP contribution is -2.34. The van der Waals surface area contributed by atoms with Gasteiger partial charge in [-0.25, -0.2) is 4.79 Å². The number of benzene rings is 1. The van der Waals surface area contributed by atoms with E-state index in [1.165, 1.54) is 0 Å². The van der Waals surface area contributed by atoms with E-state index in [4.69, 9.17) is 4.74 Å². The van der Waals surface area contributed by atoms with Gasteiger partial charge in [0.15, 0.2) is 6.04 Å². The molecule has 1 aliphatic rings. The van der Waals surface area contributed by atoms with Crippen LogP contribution < -0.4 is 5.32 Å². The number of hydrogen-bond donors (Lipinski definition) is 2. The third-order valence-electron chi connectivity index (χ3n) is 3.70. The van der Waals surface area contributed by atoms with Gasteiger partial charge in [-0.05, 0) is 31.7 Å². The summed E-state index contributed by atoms with van der Waals surface area (Å²) in [5, 5.41) is 11.8. The Morgan fingerprint density at radius 2 is 2.05 bits per heavy atom. The van der Waals surface area contributed by atoms with Crippen molar-refractivity contribution in [3.05, 3.63) is 35.9 Å². The maximum absolute atomic E-state index is 11.9. The van der Waals surface area contributed by atoms with Gasteiger partial charge < -0.3 is 15.2 Å². The van der Waals surface area contributed by atoms with Crippen molar-refractivity contribution in [2.24, 2.45) is 0 Å². The highest BCUT2D eigenvalue weighted by Gasteiger charge is 2.25.